The molecule has 3 N–H and O–H groups in total. The van der Waals surface area contributed by atoms with Crippen LogP contribution in [0.4, 0.5) is 0 Å². The van der Waals surface area contributed by atoms with Gasteiger partial charge in [-0.05, 0) is 44.4 Å². The minimum Gasteiger partial charge on any atom is -0.508 e. The minimum absolute atomic E-state index is 0.220. The van der Waals surface area contributed by atoms with Gasteiger partial charge in [0.1, 0.15) is 10.6 Å². The molecule has 6 nitrogen and oxygen atoms in total. The lowest BCUT2D eigenvalue weighted by Gasteiger charge is -2.07. The first-order chi connectivity index (χ1) is 9.90. The molecular formula is C14H19N3O3S. The molecule has 1 heterocycles. The second-order valence-corrected chi connectivity index (χ2v) is 6.64. The minimum atomic E-state index is -3.53. The molecule has 21 heavy (non-hydrogen) atoms. The van der Waals surface area contributed by atoms with E-state index in [9.17, 15) is 13.5 Å². The second-order valence-electron chi connectivity index (χ2n) is 4.93. The first kappa shape index (κ1) is 15.5. The lowest BCUT2D eigenvalue weighted by Crippen LogP contribution is -2.26. The van der Waals surface area contributed by atoms with E-state index < -0.39 is 10.0 Å². The molecular weight excluding hydrogens is 290 g/mol. The van der Waals surface area contributed by atoms with Crippen molar-refractivity contribution in [2.24, 2.45) is 0 Å². The molecule has 0 fully saturated rings. The number of rotatable bonds is 6. The predicted molar refractivity (Wildman–Crippen MR) is 79.7 cm³/mol. The first-order valence-corrected chi connectivity index (χ1v) is 8.17. The summed E-state index contributed by atoms with van der Waals surface area (Å²) in [5.41, 5.74) is 1.98. The molecule has 2 rings (SSSR count). The summed E-state index contributed by atoms with van der Waals surface area (Å²) in [6, 6.07) is 6.96. The van der Waals surface area contributed by atoms with Crippen LogP contribution in [0.2, 0.25) is 0 Å². The van der Waals surface area contributed by atoms with Gasteiger partial charge in [-0.25, -0.2) is 13.1 Å². The third-order valence-electron chi connectivity index (χ3n) is 3.17. The number of H-pyrrole nitrogens is 1. The number of hydrogen-bond acceptors (Lipinski definition) is 4. The van der Waals surface area contributed by atoms with Crippen LogP contribution in [-0.4, -0.2) is 30.3 Å². The molecule has 2 aromatic rings. The number of sulfonamides is 1. The Kier molecular flexibility index (Phi) is 4.64. The van der Waals surface area contributed by atoms with E-state index >= 15 is 0 Å². The number of aryl methyl sites for hydroxylation is 3. The van der Waals surface area contributed by atoms with E-state index in [4.69, 9.17) is 0 Å². The van der Waals surface area contributed by atoms with Gasteiger partial charge in [0.15, 0.2) is 0 Å². The van der Waals surface area contributed by atoms with E-state index in [-0.39, 0.29) is 10.6 Å². The third-order valence-corrected chi connectivity index (χ3v) is 4.90. The summed E-state index contributed by atoms with van der Waals surface area (Å²) in [6.07, 6.45) is 1.35. The van der Waals surface area contributed by atoms with Gasteiger partial charge in [-0.2, -0.15) is 5.10 Å². The fourth-order valence-electron chi connectivity index (χ4n) is 2.22. The van der Waals surface area contributed by atoms with Crippen LogP contribution in [-0.2, 0) is 16.4 Å². The number of benzene rings is 1. The van der Waals surface area contributed by atoms with Crippen molar-refractivity contribution in [1.82, 2.24) is 14.9 Å². The number of aromatic nitrogens is 2. The van der Waals surface area contributed by atoms with Crippen molar-refractivity contribution < 1.29 is 13.5 Å². The highest BCUT2D eigenvalue weighted by molar-refractivity contribution is 7.89. The molecule has 0 saturated carbocycles. The molecule has 0 amide bonds. The first-order valence-electron chi connectivity index (χ1n) is 6.69. The highest BCUT2D eigenvalue weighted by atomic mass is 32.2. The number of nitrogens with zero attached hydrogens (tertiary/aromatic N) is 1. The summed E-state index contributed by atoms with van der Waals surface area (Å²) in [4.78, 5) is 0.222. The number of phenols is 1. The van der Waals surface area contributed by atoms with Crippen molar-refractivity contribution in [3.05, 3.63) is 41.2 Å². The van der Waals surface area contributed by atoms with E-state index in [1.165, 1.54) is 0 Å². The molecule has 0 spiro atoms. The fraction of sp³-hybridized carbons (Fsp3) is 0.357. The number of aromatic amines is 1. The Morgan fingerprint density at radius 3 is 2.71 bits per heavy atom. The van der Waals surface area contributed by atoms with Gasteiger partial charge in [-0.3, -0.25) is 5.10 Å². The van der Waals surface area contributed by atoms with Crippen LogP contribution in [0.25, 0.3) is 0 Å². The Hall–Kier alpha value is -1.86. The van der Waals surface area contributed by atoms with Crippen LogP contribution in [0, 0.1) is 13.8 Å². The van der Waals surface area contributed by atoms with Crippen molar-refractivity contribution in [3.63, 3.8) is 0 Å². The quantitative estimate of drug-likeness (QED) is 0.707. The van der Waals surface area contributed by atoms with Gasteiger partial charge in [-0.15, -0.1) is 0 Å². The summed E-state index contributed by atoms with van der Waals surface area (Å²) < 4.78 is 27.0. The Balaban J connectivity index is 1.91. The van der Waals surface area contributed by atoms with E-state index in [1.807, 2.05) is 6.07 Å². The van der Waals surface area contributed by atoms with Crippen LogP contribution >= 0.6 is 0 Å². The Morgan fingerprint density at radius 1 is 1.33 bits per heavy atom. The van der Waals surface area contributed by atoms with Crippen LogP contribution in [0.5, 0.6) is 5.75 Å². The molecule has 0 saturated heterocycles. The average molecular weight is 309 g/mol. The van der Waals surface area contributed by atoms with Gasteiger partial charge in [0.05, 0.1) is 11.4 Å². The second kappa shape index (κ2) is 6.28. The normalized spacial score (nSPS) is 11.7. The van der Waals surface area contributed by atoms with Crippen molar-refractivity contribution in [2.75, 3.05) is 6.54 Å². The molecule has 114 valence electrons. The van der Waals surface area contributed by atoms with E-state index in [1.54, 1.807) is 32.0 Å². The largest absolute Gasteiger partial charge is 0.508 e. The van der Waals surface area contributed by atoms with Gasteiger partial charge in [0.25, 0.3) is 0 Å². The number of nitrogens with one attached hydrogen (secondary N) is 2. The summed E-state index contributed by atoms with van der Waals surface area (Å²) >= 11 is 0. The molecule has 0 radical (unpaired) electrons. The molecule has 0 bridgehead atoms. The molecule has 0 aliphatic carbocycles. The zero-order chi connectivity index (χ0) is 15.5. The monoisotopic (exact) mass is 309 g/mol. The maximum Gasteiger partial charge on any atom is 0.244 e. The maximum atomic E-state index is 12.2. The fourth-order valence-corrected chi connectivity index (χ4v) is 3.66. The van der Waals surface area contributed by atoms with E-state index in [0.717, 1.165) is 5.56 Å². The predicted octanol–water partition coefficient (Wildman–Crippen LogP) is 1.64. The highest BCUT2D eigenvalue weighted by Crippen LogP contribution is 2.16. The average Bonchev–Trinajstić information content (AvgIpc) is 2.75. The zero-order valence-corrected chi connectivity index (χ0v) is 12.9. The van der Waals surface area contributed by atoms with Crippen molar-refractivity contribution in [2.45, 2.75) is 31.6 Å². The van der Waals surface area contributed by atoms with Crippen molar-refractivity contribution in [3.8, 4) is 5.75 Å². The molecule has 0 aliphatic rings. The Bertz CT molecular complexity index is 703. The molecule has 1 aromatic heterocycles. The van der Waals surface area contributed by atoms with Gasteiger partial charge in [0, 0.05) is 6.54 Å². The standard InChI is InChI=1S/C14H19N3O3S/c1-10-14(11(2)17-16-10)21(19,20)15-8-4-6-12-5-3-7-13(18)9-12/h3,5,7,9,15,18H,4,6,8H2,1-2H3,(H,16,17). The van der Waals surface area contributed by atoms with Gasteiger partial charge >= 0.3 is 0 Å². The molecule has 0 atom stereocenters. The molecule has 0 aliphatic heterocycles. The number of hydrogen-bond donors (Lipinski definition) is 3. The van der Waals surface area contributed by atoms with Crippen LogP contribution in [0.15, 0.2) is 29.2 Å². The number of aromatic hydroxyl groups is 1. The van der Waals surface area contributed by atoms with Crippen molar-refractivity contribution in [1.29, 1.82) is 0 Å². The third kappa shape index (κ3) is 3.83. The molecule has 0 unspecified atom stereocenters. The highest BCUT2D eigenvalue weighted by Gasteiger charge is 2.21. The maximum absolute atomic E-state index is 12.2. The summed E-state index contributed by atoms with van der Waals surface area (Å²) in [6.45, 7) is 3.67. The topological polar surface area (TPSA) is 95.1 Å². The van der Waals surface area contributed by atoms with Gasteiger partial charge < -0.3 is 5.11 Å². The summed E-state index contributed by atoms with van der Waals surface area (Å²) in [7, 11) is -3.53. The smallest absolute Gasteiger partial charge is 0.244 e. The lowest BCUT2D eigenvalue weighted by molar-refractivity contribution is 0.474. The summed E-state index contributed by atoms with van der Waals surface area (Å²) in [5.74, 6) is 0.220. The zero-order valence-electron chi connectivity index (χ0n) is 12.0. The lowest BCUT2D eigenvalue weighted by atomic mass is 10.1. The van der Waals surface area contributed by atoms with E-state index in [2.05, 4.69) is 14.9 Å². The van der Waals surface area contributed by atoms with Crippen LogP contribution in [0.1, 0.15) is 23.4 Å². The Morgan fingerprint density at radius 2 is 2.10 bits per heavy atom. The van der Waals surface area contributed by atoms with E-state index in [0.29, 0.717) is 30.8 Å². The van der Waals surface area contributed by atoms with Crippen molar-refractivity contribution >= 4 is 10.0 Å². The van der Waals surface area contributed by atoms with Crippen LogP contribution in [0.3, 0.4) is 0 Å². The number of phenolic OH excluding ortho intramolecular Hbond substituents is 1. The molecule has 7 heteroatoms. The van der Waals surface area contributed by atoms with Gasteiger partial charge in [0.2, 0.25) is 10.0 Å². The SMILES string of the molecule is Cc1n[nH]c(C)c1S(=O)(=O)NCCCc1cccc(O)c1. The van der Waals surface area contributed by atoms with Gasteiger partial charge in [-0.1, -0.05) is 12.1 Å². The Labute approximate surface area is 124 Å². The van der Waals surface area contributed by atoms with Crippen LogP contribution < -0.4 is 4.72 Å². The molecule has 1 aromatic carbocycles. The summed E-state index contributed by atoms with van der Waals surface area (Å²) in [5, 5.41) is 15.9.